The maximum Gasteiger partial charge on any atom is 0.00733 e. The van der Waals surface area contributed by atoms with Gasteiger partial charge in [0.25, 0.3) is 0 Å². The van der Waals surface area contributed by atoms with E-state index in [0.717, 1.165) is 0 Å². The summed E-state index contributed by atoms with van der Waals surface area (Å²) in [6.45, 7) is 6.28. The zero-order valence-corrected chi connectivity index (χ0v) is 11.3. The summed E-state index contributed by atoms with van der Waals surface area (Å²) in [5.41, 5.74) is 5.76. The molecule has 2 aromatic carbocycles. The predicted octanol–water partition coefficient (Wildman–Crippen LogP) is 4.85. The molecule has 0 spiro atoms. The minimum absolute atomic E-state index is 0. The van der Waals surface area contributed by atoms with E-state index in [-0.39, 0.29) is 37.7 Å². The van der Waals surface area contributed by atoms with Crippen molar-refractivity contribution in [2.75, 3.05) is 0 Å². The van der Waals surface area contributed by atoms with Gasteiger partial charge in [-0.15, -0.1) is 0 Å². The molecule has 0 bridgehead atoms. The molecule has 0 fully saturated rings. The molecule has 17 heavy (non-hydrogen) atoms. The SMILES string of the molecule is CC.CC1c2ccccc2-c2ccccc21.[Ar]. The second kappa shape index (κ2) is 6.58. The molecule has 1 aliphatic rings. The fourth-order valence-electron chi connectivity index (χ4n) is 2.41. The van der Waals surface area contributed by atoms with Crippen LogP contribution < -0.4 is 0 Å². The summed E-state index contributed by atoms with van der Waals surface area (Å²) in [6.07, 6.45) is 0. The monoisotopic (exact) mass is 250 g/mol. The van der Waals surface area contributed by atoms with Crippen LogP contribution in [0, 0.1) is 37.7 Å². The van der Waals surface area contributed by atoms with Gasteiger partial charge in [0.15, 0.2) is 0 Å². The second-order valence-electron chi connectivity index (χ2n) is 3.90. The molecular formula is C16H18Ar. The molecule has 1 aliphatic carbocycles. The van der Waals surface area contributed by atoms with Crippen molar-refractivity contribution in [3.63, 3.8) is 0 Å². The molecule has 0 aliphatic heterocycles. The second-order valence-corrected chi connectivity index (χ2v) is 3.90. The van der Waals surface area contributed by atoms with Crippen LogP contribution in [0.1, 0.15) is 37.8 Å². The summed E-state index contributed by atoms with van der Waals surface area (Å²) in [5.74, 6) is 0.558. The van der Waals surface area contributed by atoms with Crippen LogP contribution in [0.2, 0.25) is 0 Å². The first-order valence-electron chi connectivity index (χ1n) is 6.06. The molecule has 2 aromatic rings. The molecule has 0 unspecified atom stereocenters. The van der Waals surface area contributed by atoms with Crippen molar-refractivity contribution < 1.29 is 37.7 Å². The minimum Gasteiger partial charge on any atom is -0.0683 e. The third-order valence-corrected chi connectivity index (χ3v) is 3.14. The van der Waals surface area contributed by atoms with Crippen molar-refractivity contribution in [3.05, 3.63) is 59.7 Å². The molecule has 0 amide bonds. The van der Waals surface area contributed by atoms with Gasteiger partial charge in [0.05, 0.1) is 0 Å². The molecule has 0 N–H and O–H groups in total. The molecule has 0 nitrogen and oxygen atoms in total. The topological polar surface area (TPSA) is 0 Å². The van der Waals surface area contributed by atoms with Crippen LogP contribution in [0.4, 0.5) is 0 Å². The van der Waals surface area contributed by atoms with Gasteiger partial charge in [-0.2, -0.15) is 0 Å². The zero-order chi connectivity index (χ0) is 11.5. The summed E-state index contributed by atoms with van der Waals surface area (Å²) in [6, 6.07) is 17.4. The third-order valence-electron chi connectivity index (χ3n) is 3.14. The molecule has 0 aromatic heterocycles. The standard InChI is InChI=1S/C14H12.C2H6.Ar/c1-10-11-6-2-4-8-13(11)14-9-5-3-7-12(10)14;1-2;/h2-10H,1H3;1-2H3;. The van der Waals surface area contributed by atoms with E-state index in [1.165, 1.54) is 22.3 Å². The van der Waals surface area contributed by atoms with Crippen LogP contribution in [0.25, 0.3) is 11.1 Å². The fourth-order valence-corrected chi connectivity index (χ4v) is 2.41. The first-order chi connectivity index (χ1) is 7.88. The summed E-state index contributed by atoms with van der Waals surface area (Å²) < 4.78 is 0. The van der Waals surface area contributed by atoms with Crippen molar-refractivity contribution >= 4 is 0 Å². The van der Waals surface area contributed by atoms with Gasteiger partial charge in [0.1, 0.15) is 0 Å². The van der Waals surface area contributed by atoms with E-state index in [0.29, 0.717) is 5.92 Å². The van der Waals surface area contributed by atoms with Crippen molar-refractivity contribution in [2.45, 2.75) is 26.7 Å². The average Bonchev–Trinajstić information content (AvgIpc) is 2.67. The number of fused-ring (bicyclic) bond motifs is 3. The van der Waals surface area contributed by atoms with E-state index in [4.69, 9.17) is 0 Å². The predicted molar refractivity (Wildman–Crippen MR) is 70.7 cm³/mol. The van der Waals surface area contributed by atoms with Crippen LogP contribution in [0.5, 0.6) is 0 Å². The molecule has 0 radical (unpaired) electrons. The molecular weight excluding hydrogens is 232 g/mol. The van der Waals surface area contributed by atoms with Gasteiger partial charge >= 0.3 is 0 Å². The Morgan fingerprint density at radius 3 is 1.47 bits per heavy atom. The maximum atomic E-state index is 2.28. The van der Waals surface area contributed by atoms with Crippen molar-refractivity contribution in [1.29, 1.82) is 0 Å². The molecule has 0 saturated heterocycles. The van der Waals surface area contributed by atoms with Crippen molar-refractivity contribution in [2.24, 2.45) is 0 Å². The molecule has 1 heteroatoms. The Morgan fingerprint density at radius 2 is 1.06 bits per heavy atom. The Balaban J connectivity index is 0.000000459. The van der Waals surface area contributed by atoms with Gasteiger partial charge in [-0.3, -0.25) is 0 Å². The Bertz CT molecular complexity index is 443. The Labute approximate surface area is 134 Å². The smallest absolute Gasteiger partial charge is 0.00733 e. The van der Waals surface area contributed by atoms with Crippen LogP contribution in [0.15, 0.2) is 48.5 Å². The van der Waals surface area contributed by atoms with E-state index >= 15 is 0 Å². The van der Waals surface area contributed by atoms with Crippen LogP contribution in [-0.4, -0.2) is 0 Å². The summed E-state index contributed by atoms with van der Waals surface area (Å²) in [4.78, 5) is 0. The van der Waals surface area contributed by atoms with E-state index < -0.39 is 0 Å². The average molecular weight is 250 g/mol. The van der Waals surface area contributed by atoms with Gasteiger partial charge in [0.2, 0.25) is 0 Å². The summed E-state index contributed by atoms with van der Waals surface area (Å²) in [5, 5.41) is 0. The number of hydrogen-bond acceptors (Lipinski definition) is 0. The molecule has 3 rings (SSSR count). The van der Waals surface area contributed by atoms with E-state index in [1.54, 1.807) is 0 Å². The first-order valence-corrected chi connectivity index (χ1v) is 6.06. The quantitative estimate of drug-likeness (QED) is 0.627. The van der Waals surface area contributed by atoms with E-state index in [9.17, 15) is 0 Å². The maximum absolute atomic E-state index is 2.28. The van der Waals surface area contributed by atoms with E-state index in [1.807, 2.05) is 13.8 Å². The van der Waals surface area contributed by atoms with Crippen LogP contribution in [0.3, 0.4) is 0 Å². The fraction of sp³-hybridized carbons (Fsp3) is 0.250. The van der Waals surface area contributed by atoms with Gasteiger partial charge < -0.3 is 0 Å². The summed E-state index contributed by atoms with van der Waals surface area (Å²) >= 11 is 0. The Kier molecular flexibility index (Phi) is 5.72. The largest absolute Gasteiger partial charge is 0.0683 e. The third kappa shape index (κ3) is 2.59. The van der Waals surface area contributed by atoms with Gasteiger partial charge in [-0.25, -0.2) is 0 Å². The molecule has 0 heterocycles. The van der Waals surface area contributed by atoms with Crippen LogP contribution >= 0.6 is 0 Å². The normalized spacial score (nSPS) is 11.7. The van der Waals surface area contributed by atoms with Gasteiger partial charge in [0, 0.05) is 43.7 Å². The van der Waals surface area contributed by atoms with Gasteiger partial charge in [-0.05, 0) is 22.3 Å². The first kappa shape index (κ1) is 14.8. The molecule has 0 atom stereocenters. The zero-order valence-electron chi connectivity index (χ0n) is 10.5. The Morgan fingerprint density at radius 1 is 0.706 bits per heavy atom. The Hall–Kier alpha value is -0.300. The van der Waals surface area contributed by atoms with Crippen molar-refractivity contribution in [1.82, 2.24) is 0 Å². The van der Waals surface area contributed by atoms with E-state index in [2.05, 4.69) is 55.5 Å². The van der Waals surface area contributed by atoms with Gasteiger partial charge in [-0.1, -0.05) is 69.3 Å². The van der Waals surface area contributed by atoms with Crippen molar-refractivity contribution in [3.8, 4) is 11.1 Å². The molecule has 90 valence electrons. The van der Waals surface area contributed by atoms with Crippen LogP contribution in [-0.2, 0) is 0 Å². The number of rotatable bonds is 0. The number of benzene rings is 2. The summed E-state index contributed by atoms with van der Waals surface area (Å²) in [7, 11) is 0. The molecule has 0 saturated carbocycles. The number of hydrogen-bond donors (Lipinski definition) is 0. The minimum atomic E-state index is 0.